The molecule has 0 radical (unpaired) electrons. The zero-order chi connectivity index (χ0) is 14.3. The summed E-state index contributed by atoms with van der Waals surface area (Å²) in [5.74, 6) is 0.443. The molecule has 3 aromatic rings. The Bertz CT molecular complexity index is 784. The molecule has 0 bridgehead atoms. The zero-order valence-electron chi connectivity index (χ0n) is 10.7. The lowest BCUT2D eigenvalue weighted by Gasteiger charge is -2.16. The fraction of sp³-hybridized carbons (Fsp3) is 0.143. The van der Waals surface area contributed by atoms with Crippen LogP contribution in [0.25, 0.3) is 11.2 Å². The van der Waals surface area contributed by atoms with E-state index in [-0.39, 0.29) is 6.04 Å². The second-order valence-electron chi connectivity index (χ2n) is 4.57. The molecule has 0 aliphatic heterocycles. The Hall–Kier alpha value is -1.59. The first-order valence-electron chi connectivity index (χ1n) is 6.10. The number of rotatable bonds is 2. The van der Waals surface area contributed by atoms with E-state index in [4.69, 9.17) is 17.3 Å². The van der Waals surface area contributed by atoms with Gasteiger partial charge in [0.2, 0.25) is 5.95 Å². The van der Waals surface area contributed by atoms with Crippen LogP contribution in [0.15, 0.2) is 41.0 Å². The van der Waals surface area contributed by atoms with Crippen molar-refractivity contribution in [2.24, 2.45) is 0 Å². The number of nitrogens with zero attached hydrogens (tertiary/aromatic N) is 3. The van der Waals surface area contributed by atoms with Crippen molar-refractivity contribution in [2.75, 3.05) is 5.73 Å². The SMILES string of the molecule is CC(c1cccc(Cl)c1)n1c(N)nc2cc(Br)cnc21. The first-order valence-corrected chi connectivity index (χ1v) is 7.28. The van der Waals surface area contributed by atoms with Crippen LogP contribution in [0.3, 0.4) is 0 Å². The summed E-state index contributed by atoms with van der Waals surface area (Å²) in [7, 11) is 0. The summed E-state index contributed by atoms with van der Waals surface area (Å²) >= 11 is 9.44. The summed E-state index contributed by atoms with van der Waals surface area (Å²) in [5, 5.41) is 0.702. The molecule has 1 aromatic carbocycles. The van der Waals surface area contributed by atoms with Crippen LogP contribution in [0.5, 0.6) is 0 Å². The molecule has 0 aliphatic carbocycles. The van der Waals surface area contributed by atoms with Gasteiger partial charge in [-0.25, -0.2) is 9.97 Å². The largest absolute Gasteiger partial charge is 0.369 e. The molecule has 2 N–H and O–H groups in total. The third kappa shape index (κ3) is 2.27. The number of pyridine rings is 1. The molecule has 0 saturated heterocycles. The molecule has 3 rings (SSSR count). The van der Waals surface area contributed by atoms with Gasteiger partial charge >= 0.3 is 0 Å². The summed E-state index contributed by atoms with van der Waals surface area (Å²) in [6.07, 6.45) is 1.74. The number of nitrogens with two attached hydrogens (primary N) is 1. The van der Waals surface area contributed by atoms with E-state index < -0.39 is 0 Å². The standard InChI is InChI=1S/C14H12BrClN4/c1-8(9-3-2-4-11(16)5-9)20-13-12(19-14(20)17)6-10(15)7-18-13/h2-8H,1H3,(H2,17,19). The lowest BCUT2D eigenvalue weighted by molar-refractivity contribution is 0.662. The Morgan fingerprint density at radius 2 is 2.15 bits per heavy atom. The van der Waals surface area contributed by atoms with Gasteiger partial charge in [-0.05, 0) is 46.6 Å². The van der Waals surface area contributed by atoms with E-state index in [0.717, 1.165) is 21.2 Å². The van der Waals surface area contributed by atoms with E-state index in [0.29, 0.717) is 11.0 Å². The Morgan fingerprint density at radius 1 is 1.35 bits per heavy atom. The average molecular weight is 352 g/mol. The quantitative estimate of drug-likeness (QED) is 0.758. The maximum Gasteiger partial charge on any atom is 0.203 e. The molecule has 2 heterocycles. The fourth-order valence-corrected chi connectivity index (χ4v) is 2.79. The van der Waals surface area contributed by atoms with E-state index >= 15 is 0 Å². The molecule has 0 saturated carbocycles. The number of imidazole rings is 1. The van der Waals surface area contributed by atoms with Crippen LogP contribution in [0.4, 0.5) is 5.95 Å². The highest BCUT2D eigenvalue weighted by Crippen LogP contribution is 2.28. The molecular formula is C14H12BrClN4. The predicted octanol–water partition coefficient (Wildman–Crippen LogP) is 4.04. The van der Waals surface area contributed by atoms with E-state index in [1.807, 2.05) is 41.8 Å². The summed E-state index contributed by atoms with van der Waals surface area (Å²) in [6.45, 7) is 2.05. The van der Waals surface area contributed by atoms with Gasteiger partial charge in [-0.1, -0.05) is 23.7 Å². The van der Waals surface area contributed by atoms with Crippen molar-refractivity contribution in [3.63, 3.8) is 0 Å². The number of hydrogen-bond acceptors (Lipinski definition) is 3. The highest BCUT2D eigenvalue weighted by atomic mass is 79.9. The van der Waals surface area contributed by atoms with Gasteiger partial charge in [-0.15, -0.1) is 0 Å². The van der Waals surface area contributed by atoms with Crippen LogP contribution >= 0.6 is 27.5 Å². The molecule has 6 heteroatoms. The molecule has 0 aliphatic rings. The Morgan fingerprint density at radius 3 is 2.90 bits per heavy atom. The van der Waals surface area contributed by atoms with Crippen molar-refractivity contribution in [3.8, 4) is 0 Å². The second-order valence-corrected chi connectivity index (χ2v) is 5.92. The van der Waals surface area contributed by atoms with E-state index in [1.165, 1.54) is 0 Å². The Labute approximate surface area is 129 Å². The fourth-order valence-electron chi connectivity index (χ4n) is 2.27. The van der Waals surface area contributed by atoms with Crippen LogP contribution in [0.1, 0.15) is 18.5 Å². The normalized spacial score (nSPS) is 12.8. The third-order valence-electron chi connectivity index (χ3n) is 3.24. The maximum atomic E-state index is 6.05. The van der Waals surface area contributed by atoms with Crippen LogP contribution in [0.2, 0.25) is 5.02 Å². The van der Waals surface area contributed by atoms with Gasteiger partial charge in [0, 0.05) is 15.7 Å². The van der Waals surface area contributed by atoms with Gasteiger partial charge < -0.3 is 5.73 Å². The zero-order valence-corrected chi connectivity index (χ0v) is 13.1. The van der Waals surface area contributed by atoms with Gasteiger partial charge in [0.15, 0.2) is 5.65 Å². The number of benzene rings is 1. The molecule has 2 aromatic heterocycles. The lowest BCUT2D eigenvalue weighted by Crippen LogP contribution is -2.10. The number of halogens is 2. The number of nitrogen functional groups attached to an aromatic ring is 1. The summed E-state index contributed by atoms with van der Waals surface area (Å²) < 4.78 is 2.79. The predicted molar refractivity (Wildman–Crippen MR) is 84.9 cm³/mol. The van der Waals surface area contributed by atoms with Crippen molar-refractivity contribution in [2.45, 2.75) is 13.0 Å². The summed E-state index contributed by atoms with van der Waals surface area (Å²) in [6, 6.07) is 9.62. The molecule has 20 heavy (non-hydrogen) atoms. The minimum atomic E-state index is 0.00683. The molecule has 0 amide bonds. The molecular weight excluding hydrogens is 340 g/mol. The highest BCUT2D eigenvalue weighted by Gasteiger charge is 2.17. The minimum Gasteiger partial charge on any atom is -0.369 e. The summed E-state index contributed by atoms with van der Waals surface area (Å²) in [4.78, 5) is 8.77. The van der Waals surface area contributed by atoms with Gasteiger partial charge in [-0.3, -0.25) is 4.57 Å². The number of fused-ring (bicyclic) bond motifs is 1. The molecule has 4 nitrogen and oxygen atoms in total. The van der Waals surface area contributed by atoms with Crippen molar-refractivity contribution in [3.05, 3.63) is 51.6 Å². The monoisotopic (exact) mass is 350 g/mol. The van der Waals surface area contributed by atoms with Crippen molar-refractivity contribution in [1.29, 1.82) is 0 Å². The Kier molecular flexibility index (Phi) is 3.40. The number of aromatic nitrogens is 3. The van der Waals surface area contributed by atoms with Crippen molar-refractivity contribution >= 4 is 44.6 Å². The number of hydrogen-bond donors (Lipinski definition) is 1. The third-order valence-corrected chi connectivity index (χ3v) is 3.91. The van der Waals surface area contributed by atoms with Crippen molar-refractivity contribution in [1.82, 2.24) is 14.5 Å². The lowest BCUT2D eigenvalue weighted by atomic mass is 10.1. The van der Waals surface area contributed by atoms with Gasteiger partial charge in [0.25, 0.3) is 0 Å². The van der Waals surface area contributed by atoms with Crippen LogP contribution in [-0.4, -0.2) is 14.5 Å². The molecule has 1 atom stereocenters. The van der Waals surface area contributed by atoms with Crippen molar-refractivity contribution < 1.29 is 0 Å². The maximum absolute atomic E-state index is 6.05. The highest BCUT2D eigenvalue weighted by molar-refractivity contribution is 9.10. The molecule has 0 fully saturated rings. The van der Waals surface area contributed by atoms with Gasteiger partial charge in [0.1, 0.15) is 5.52 Å². The molecule has 102 valence electrons. The topological polar surface area (TPSA) is 56.7 Å². The smallest absolute Gasteiger partial charge is 0.203 e. The first-order chi connectivity index (χ1) is 9.56. The Balaban J connectivity index is 2.16. The average Bonchev–Trinajstić information content (AvgIpc) is 2.73. The van der Waals surface area contributed by atoms with Gasteiger partial charge in [0.05, 0.1) is 6.04 Å². The molecule has 0 spiro atoms. The van der Waals surface area contributed by atoms with Gasteiger partial charge in [-0.2, -0.15) is 0 Å². The summed E-state index contributed by atoms with van der Waals surface area (Å²) in [5.41, 5.74) is 8.64. The molecule has 1 unspecified atom stereocenters. The first kappa shape index (κ1) is 13.4. The second kappa shape index (κ2) is 5.07. The van der Waals surface area contributed by atoms with E-state index in [1.54, 1.807) is 6.20 Å². The van der Waals surface area contributed by atoms with Crippen LogP contribution in [0, 0.1) is 0 Å². The van der Waals surface area contributed by atoms with E-state index in [9.17, 15) is 0 Å². The van der Waals surface area contributed by atoms with E-state index in [2.05, 4.69) is 25.9 Å². The number of anilines is 1. The van der Waals surface area contributed by atoms with Crippen LogP contribution in [-0.2, 0) is 0 Å². The minimum absolute atomic E-state index is 0.00683. The van der Waals surface area contributed by atoms with Crippen LogP contribution < -0.4 is 5.73 Å².